The van der Waals surface area contributed by atoms with Crippen molar-refractivity contribution in [3.05, 3.63) is 100 Å². The second kappa shape index (κ2) is 14.2. The molecule has 0 aliphatic heterocycles. The van der Waals surface area contributed by atoms with Crippen molar-refractivity contribution in [3.8, 4) is 0 Å². The monoisotopic (exact) mass is 641 g/mol. The van der Waals surface area contributed by atoms with Crippen LogP contribution in [0.25, 0.3) is 0 Å². The average molecular weight is 642 g/mol. The molecule has 0 aliphatic rings. The highest BCUT2D eigenvalue weighted by atomic mass is 35.5. The third-order valence-electron chi connectivity index (χ3n) is 6.76. The maximum Gasteiger partial charge on any atom is 0.416 e. The Morgan fingerprint density at radius 2 is 1.60 bits per heavy atom. The molecule has 13 heteroatoms. The molecule has 2 amide bonds. The number of alkyl halides is 3. The summed E-state index contributed by atoms with van der Waals surface area (Å²) in [6.07, 6.45) is -3.45. The molecular weight excluding hydrogens is 610 g/mol. The maximum absolute atomic E-state index is 14.0. The first-order chi connectivity index (χ1) is 20.1. The zero-order valence-corrected chi connectivity index (χ0v) is 25.3. The molecule has 0 fully saturated rings. The zero-order chi connectivity index (χ0) is 31.9. The highest BCUT2D eigenvalue weighted by molar-refractivity contribution is 7.92. The topological polar surface area (TPSA) is 86.8 Å². The standard InChI is InChI=1S/C30H32ClF4N3O4S/c1-4-20(2)36-29(40)27(16-21-8-6-5-7-9-21)37(18-22-10-13-24(32)14-11-22)28(39)19-38(43(3,41)42)26-17-23(30(33,34)35)12-15-25(26)31/h5-15,17,20,27H,4,16,18-19H2,1-3H3,(H,36,40)/t20-,27-/m0/s1. The summed E-state index contributed by atoms with van der Waals surface area (Å²) in [5.41, 5.74) is -0.569. The second-order valence-electron chi connectivity index (χ2n) is 10.1. The minimum Gasteiger partial charge on any atom is -0.352 e. The summed E-state index contributed by atoms with van der Waals surface area (Å²) in [5, 5.41) is 2.53. The lowest BCUT2D eigenvalue weighted by Crippen LogP contribution is -2.54. The molecule has 3 rings (SSSR count). The largest absolute Gasteiger partial charge is 0.416 e. The van der Waals surface area contributed by atoms with Gasteiger partial charge in [-0.3, -0.25) is 13.9 Å². The SMILES string of the molecule is CC[C@H](C)NC(=O)[C@H](Cc1ccccc1)N(Cc1ccc(F)cc1)C(=O)CN(c1cc(C(F)(F)F)ccc1Cl)S(C)(=O)=O. The van der Waals surface area contributed by atoms with E-state index in [0.717, 1.165) is 17.2 Å². The Bertz CT molecular complexity index is 1520. The van der Waals surface area contributed by atoms with Crippen LogP contribution >= 0.6 is 11.6 Å². The van der Waals surface area contributed by atoms with Crippen LogP contribution in [0, 0.1) is 5.82 Å². The first-order valence-electron chi connectivity index (χ1n) is 13.3. The Kier molecular flexibility index (Phi) is 11.2. The van der Waals surface area contributed by atoms with Gasteiger partial charge in [0.05, 0.1) is 22.5 Å². The van der Waals surface area contributed by atoms with Crippen LogP contribution in [0.4, 0.5) is 23.2 Å². The molecule has 7 nitrogen and oxygen atoms in total. The number of anilines is 1. The third kappa shape index (κ3) is 9.42. The van der Waals surface area contributed by atoms with Gasteiger partial charge in [0.25, 0.3) is 0 Å². The smallest absolute Gasteiger partial charge is 0.352 e. The van der Waals surface area contributed by atoms with E-state index in [1.165, 1.54) is 24.3 Å². The highest BCUT2D eigenvalue weighted by Gasteiger charge is 2.36. The second-order valence-corrected chi connectivity index (χ2v) is 12.4. The van der Waals surface area contributed by atoms with Gasteiger partial charge in [-0.25, -0.2) is 12.8 Å². The zero-order valence-electron chi connectivity index (χ0n) is 23.7. The predicted molar refractivity (Wildman–Crippen MR) is 157 cm³/mol. The summed E-state index contributed by atoms with van der Waals surface area (Å²) in [5.74, 6) is -1.93. The van der Waals surface area contributed by atoms with E-state index < -0.39 is 57.7 Å². The Morgan fingerprint density at radius 1 is 0.977 bits per heavy atom. The van der Waals surface area contributed by atoms with Crippen LogP contribution in [0.2, 0.25) is 5.02 Å². The van der Waals surface area contributed by atoms with Crippen LogP contribution in [0.3, 0.4) is 0 Å². The van der Waals surface area contributed by atoms with Gasteiger partial charge < -0.3 is 10.2 Å². The summed E-state index contributed by atoms with van der Waals surface area (Å²) in [4.78, 5) is 28.8. The number of rotatable bonds is 12. The number of carbonyl (C=O) groups excluding carboxylic acids is 2. The molecule has 0 unspecified atom stereocenters. The molecule has 43 heavy (non-hydrogen) atoms. The van der Waals surface area contributed by atoms with Crippen LogP contribution in [-0.4, -0.2) is 50.0 Å². The maximum atomic E-state index is 14.0. The van der Waals surface area contributed by atoms with E-state index in [4.69, 9.17) is 11.6 Å². The van der Waals surface area contributed by atoms with Gasteiger partial charge in [0.1, 0.15) is 18.4 Å². The molecule has 1 N–H and O–H groups in total. The third-order valence-corrected chi connectivity index (χ3v) is 8.21. The fraction of sp³-hybridized carbons (Fsp3) is 0.333. The molecule has 0 saturated carbocycles. The molecule has 0 spiro atoms. The molecule has 0 saturated heterocycles. The number of hydrogen-bond acceptors (Lipinski definition) is 4. The molecule has 0 radical (unpaired) electrons. The van der Waals surface area contributed by atoms with Crippen LogP contribution in [0.1, 0.15) is 37.0 Å². The van der Waals surface area contributed by atoms with Crippen molar-refractivity contribution in [2.75, 3.05) is 17.1 Å². The number of halogens is 5. The van der Waals surface area contributed by atoms with E-state index in [1.54, 1.807) is 37.3 Å². The average Bonchev–Trinajstić information content (AvgIpc) is 2.94. The fourth-order valence-electron chi connectivity index (χ4n) is 4.26. The van der Waals surface area contributed by atoms with Gasteiger partial charge in [-0.2, -0.15) is 13.2 Å². The quantitative estimate of drug-likeness (QED) is 0.253. The number of hydrogen-bond donors (Lipinski definition) is 1. The van der Waals surface area contributed by atoms with Gasteiger partial charge in [-0.15, -0.1) is 0 Å². The minimum absolute atomic E-state index is 0.0409. The van der Waals surface area contributed by atoms with Crippen LogP contribution < -0.4 is 9.62 Å². The van der Waals surface area contributed by atoms with Gasteiger partial charge in [0, 0.05) is 19.0 Å². The Morgan fingerprint density at radius 3 is 2.16 bits per heavy atom. The lowest BCUT2D eigenvalue weighted by atomic mass is 10.0. The van der Waals surface area contributed by atoms with Gasteiger partial charge in [-0.05, 0) is 54.8 Å². The van der Waals surface area contributed by atoms with Crippen molar-refractivity contribution >= 4 is 39.1 Å². The first kappa shape index (κ1) is 33.9. The summed E-state index contributed by atoms with van der Waals surface area (Å²) >= 11 is 6.15. The molecule has 0 bridgehead atoms. The normalized spacial score (nSPS) is 13.2. The Labute approximate surface area is 253 Å². The van der Waals surface area contributed by atoms with Gasteiger partial charge in [-0.1, -0.05) is 61.0 Å². The fourth-order valence-corrected chi connectivity index (χ4v) is 5.38. The van der Waals surface area contributed by atoms with Crippen molar-refractivity contribution in [3.63, 3.8) is 0 Å². The van der Waals surface area contributed by atoms with Gasteiger partial charge in [0.2, 0.25) is 21.8 Å². The van der Waals surface area contributed by atoms with Crippen LogP contribution in [0.5, 0.6) is 0 Å². The predicted octanol–water partition coefficient (Wildman–Crippen LogP) is 5.82. The van der Waals surface area contributed by atoms with Gasteiger partial charge >= 0.3 is 6.18 Å². The van der Waals surface area contributed by atoms with Crippen LogP contribution in [0.15, 0.2) is 72.8 Å². The van der Waals surface area contributed by atoms with E-state index in [9.17, 15) is 35.6 Å². The summed E-state index contributed by atoms with van der Waals surface area (Å²) in [6, 6.07) is 14.7. The molecule has 3 aromatic carbocycles. The molecule has 0 aliphatic carbocycles. The Balaban J connectivity index is 2.11. The lowest BCUT2D eigenvalue weighted by Gasteiger charge is -2.34. The molecular formula is C30H32ClF4N3O4S. The van der Waals surface area contributed by atoms with Crippen molar-refractivity contribution in [2.45, 2.75) is 51.5 Å². The highest BCUT2D eigenvalue weighted by Crippen LogP contribution is 2.36. The summed E-state index contributed by atoms with van der Waals surface area (Å²) in [7, 11) is -4.35. The summed E-state index contributed by atoms with van der Waals surface area (Å²) < 4.78 is 80.4. The van der Waals surface area contributed by atoms with E-state index >= 15 is 0 Å². The minimum atomic E-state index is -4.81. The van der Waals surface area contributed by atoms with Crippen molar-refractivity contribution < 1.29 is 35.6 Å². The first-order valence-corrected chi connectivity index (χ1v) is 15.6. The van der Waals surface area contributed by atoms with Crippen molar-refractivity contribution in [1.29, 1.82) is 0 Å². The lowest BCUT2D eigenvalue weighted by molar-refractivity contribution is -0.140. The molecule has 0 aromatic heterocycles. The Hall–Kier alpha value is -3.64. The summed E-state index contributed by atoms with van der Waals surface area (Å²) in [6.45, 7) is 2.47. The number of amides is 2. The van der Waals surface area contributed by atoms with E-state index in [0.29, 0.717) is 34.0 Å². The van der Waals surface area contributed by atoms with E-state index in [-0.39, 0.29) is 24.0 Å². The van der Waals surface area contributed by atoms with Gasteiger partial charge in [0.15, 0.2) is 0 Å². The number of nitrogens with one attached hydrogen (secondary N) is 1. The van der Waals surface area contributed by atoms with Crippen molar-refractivity contribution in [1.82, 2.24) is 10.2 Å². The van der Waals surface area contributed by atoms with Crippen LogP contribution in [-0.2, 0) is 38.8 Å². The molecule has 2 atom stereocenters. The van der Waals surface area contributed by atoms with Crippen molar-refractivity contribution in [2.24, 2.45) is 0 Å². The molecule has 0 heterocycles. The number of sulfonamides is 1. The van der Waals surface area contributed by atoms with E-state index in [2.05, 4.69) is 5.32 Å². The molecule has 3 aromatic rings. The number of carbonyl (C=O) groups is 2. The van der Waals surface area contributed by atoms with E-state index in [1.807, 2.05) is 6.92 Å². The number of benzene rings is 3. The number of nitrogens with zero attached hydrogens (tertiary/aromatic N) is 2. The molecule has 232 valence electrons.